The summed E-state index contributed by atoms with van der Waals surface area (Å²) in [6.07, 6.45) is 0.785. The molecule has 7 nitrogen and oxygen atoms in total. The van der Waals surface area contributed by atoms with E-state index in [4.69, 9.17) is 9.84 Å². The molecule has 2 fully saturated rings. The summed E-state index contributed by atoms with van der Waals surface area (Å²) in [4.78, 5) is 12.0. The Morgan fingerprint density at radius 2 is 1.73 bits per heavy atom. The zero-order chi connectivity index (χ0) is 16.1. The molecule has 1 aliphatic heterocycles. The average Bonchev–Trinajstić information content (AvgIpc) is 2.54. The van der Waals surface area contributed by atoms with Crippen molar-refractivity contribution in [2.45, 2.75) is 75.6 Å². The van der Waals surface area contributed by atoms with Gasteiger partial charge in [0.15, 0.2) is 6.23 Å². The van der Waals surface area contributed by atoms with Gasteiger partial charge in [-0.2, -0.15) is 0 Å². The average molecular weight is 317 g/mol. The van der Waals surface area contributed by atoms with Crippen molar-refractivity contribution in [3.63, 3.8) is 0 Å². The van der Waals surface area contributed by atoms with Gasteiger partial charge in [0.2, 0.25) is 5.91 Å². The van der Waals surface area contributed by atoms with Gasteiger partial charge in [0.05, 0.1) is 6.61 Å². The second-order valence-electron chi connectivity index (χ2n) is 6.36. The molecule has 2 rings (SSSR count). The maximum Gasteiger partial charge on any atom is 0.222 e. The van der Waals surface area contributed by atoms with E-state index in [-0.39, 0.29) is 5.91 Å². The SMILES string of the molecule is O=C(CCC1CCCCC1)N[C@@H]1O[C@H](CO)[C@H](O)[C@H](O)[C@H]1O. The standard InChI is InChI=1S/C15H27NO6/c17-8-10-12(19)13(20)14(21)15(22-10)16-11(18)7-6-9-4-2-1-3-5-9/h9-10,12-15,17,19-21H,1-8H2,(H,16,18)/t10-,12+,13+,14-,15-/m1/s1. The van der Waals surface area contributed by atoms with Crippen molar-refractivity contribution >= 4 is 5.91 Å². The van der Waals surface area contributed by atoms with Crippen LogP contribution in [0.25, 0.3) is 0 Å². The van der Waals surface area contributed by atoms with Gasteiger partial charge in [-0.1, -0.05) is 32.1 Å². The van der Waals surface area contributed by atoms with Crippen LogP contribution in [-0.4, -0.2) is 63.6 Å². The molecule has 1 amide bonds. The molecule has 1 saturated carbocycles. The predicted octanol–water partition coefficient (Wildman–Crippen LogP) is -0.737. The van der Waals surface area contributed by atoms with Crippen LogP contribution in [0.15, 0.2) is 0 Å². The fourth-order valence-electron chi connectivity index (χ4n) is 3.26. The maximum atomic E-state index is 12.0. The first-order chi connectivity index (χ1) is 10.5. The fourth-order valence-corrected chi connectivity index (χ4v) is 3.26. The number of amides is 1. The summed E-state index contributed by atoms with van der Waals surface area (Å²) in [6.45, 7) is -0.501. The second kappa shape index (κ2) is 8.21. The Kier molecular flexibility index (Phi) is 6.58. The molecule has 5 atom stereocenters. The molecule has 0 aromatic rings. The second-order valence-corrected chi connectivity index (χ2v) is 6.36. The molecule has 22 heavy (non-hydrogen) atoms. The van der Waals surface area contributed by atoms with Gasteiger partial charge in [0.25, 0.3) is 0 Å². The van der Waals surface area contributed by atoms with E-state index in [2.05, 4.69) is 5.32 Å². The number of rotatable bonds is 5. The summed E-state index contributed by atoms with van der Waals surface area (Å²) in [5, 5.41) is 40.8. The van der Waals surface area contributed by atoms with Crippen molar-refractivity contribution in [1.82, 2.24) is 5.32 Å². The summed E-state index contributed by atoms with van der Waals surface area (Å²) >= 11 is 0. The van der Waals surface area contributed by atoms with E-state index in [9.17, 15) is 20.1 Å². The molecule has 2 aliphatic rings. The summed E-state index contributed by atoms with van der Waals surface area (Å²) in [5.74, 6) is 0.323. The first-order valence-electron chi connectivity index (χ1n) is 8.12. The molecule has 128 valence electrons. The van der Waals surface area contributed by atoms with Crippen LogP contribution in [0.1, 0.15) is 44.9 Å². The lowest BCUT2D eigenvalue weighted by atomic mass is 9.86. The summed E-state index contributed by atoms with van der Waals surface area (Å²) in [6, 6.07) is 0. The smallest absolute Gasteiger partial charge is 0.222 e. The van der Waals surface area contributed by atoms with Crippen molar-refractivity contribution in [2.75, 3.05) is 6.61 Å². The highest BCUT2D eigenvalue weighted by Crippen LogP contribution is 2.27. The lowest BCUT2D eigenvalue weighted by molar-refractivity contribution is -0.236. The normalized spacial score (nSPS) is 37.0. The molecule has 1 aliphatic carbocycles. The summed E-state index contributed by atoms with van der Waals surface area (Å²) in [7, 11) is 0. The van der Waals surface area contributed by atoms with Crippen LogP contribution in [0.5, 0.6) is 0 Å². The Balaban J connectivity index is 1.79. The zero-order valence-corrected chi connectivity index (χ0v) is 12.7. The third kappa shape index (κ3) is 4.39. The predicted molar refractivity (Wildman–Crippen MR) is 77.7 cm³/mol. The van der Waals surface area contributed by atoms with E-state index in [1.807, 2.05) is 0 Å². The van der Waals surface area contributed by atoms with Gasteiger partial charge in [-0.3, -0.25) is 4.79 Å². The summed E-state index contributed by atoms with van der Waals surface area (Å²) < 4.78 is 5.25. The molecule has 0 bridgehead atoms. The van der Waals surface area contributed by atoms with Crippen molar-refractivity contribution in [2.24, 2.45) is 5.92 Å². The van der Waals surface area contributed by atoms with Gasteiger partial charge in [-0.15, -0.1) is 0 Å². The topological polar surface area (TPSA) is 119 Å². The van der Waals surface area contributed by atoms with E-state index in [0.717, 1.165) is 19.3 Å². The molecular formula is C15H27NO6. The largest absolute Gasteiger partial charge is 0.394 e. The molecular weight excluding hydrogens is 290 g/mol. The Bertz CT molecular complexity index is 358. The number of aliphatic hydroxyl groups is 4. The first kappa shape index (κ1) is 17.6. The van der Waals surface area contributed by atoms with E-state index < -0.39 is 37.3 Å². The van der Waals surface area contributed by atoms with Crippen LogP contribution < -0.4 is 5.32 Å². The molecule has 0 spiro atoms. The van der Waals surface area contributed by atoms with Gasteiger partial charge >= 0.3 is 0 Å². The van der Waals surface area contributed by atoms with Crippen molar-refractivity contribution in [3.8, 4) is 0 Å². The third-order valence-corrected chi connectivity index (χ3v) is 4.70. The van der Waals surface area contributed by atoms with Crippen molar-refractivity contribution < 1.29 is 30.0 Å². The van der Waals surface area contributed by atoms with Gasteiger partial charge < -0.3 is 30.5 Å². The molecule has 0 aromatic heterocycles. The fraction of sp³-hybridized carbons (Fsp3) is 0.933. The van der Waals surface area contributed by atoms with E-state index in [1.165, 1.54) is 19.3 Å². The zero-order valence-electron chi connectivity index (χ0n) is 12.7. The minimum absolute atomic E-state index is 0.255. The third-order valence-electron chi connectivity index (χ3n) is 4.70. The Morgan fingerprint density at radius 3 is 2.36 bits per heavy atom. The van der Waals surface area contributed by atoms with Crippen LogP contribution in [0.3, 0.4) is 0 Å². The molecule has 7 heteroatoms. The Morgan fingerprint density at radius 1 is 1.05 bits per heavy atom. The van der Waals surface area contributed by atoms with Crippen LogP contribution in [0, 0.1) is 5.92 Å². The van der Waals surface area contributed by atoms with E-state index in [1.54, 1.807) is 0 Å². The van der Waals surface area contributed by atoms with Gasteiger partial charge in [0.1, 0.15) is 24.4 Å². The highest BCUT2D eigenvalue weighted by Gasteiger charge is 2.43. The summed E-state index contributed by atoms with van der Waals surface area (Å²) in [5.41, 5.74) is 0. The quantitative estimate of drug-likeness (QED) is 0.456. The van der Waals surface area contributed by atoms with Crippen molar-refractivity contribution in [3.05, 3.63) is 0 Å². The highest BCUT2D eigenvalue weighted by atomic mass is 16.6. The van der Waals surface area contributed by atoms with Crippen LogP contribution >= 0.6 is 0 Å². The van der Waals surface area contributed by atoms with Gasteiger partial charge in [-0.05, 0) is 12.3 Å². The minimum Gasteiger partial charge on any atom is -0.394 e. The Hall–Kier alpha value is -0.730. The van der Waals surface area contributed by atoms with Crippen LogP contribution in [0.2, 0.25) is 0 Å². The highest BCUT2D eigenvalue weighted by molar-refractivity contribution is 5.76. The number of ether oxygens (including phenoxy) is 1. The van der Waals surface area contributed by atoms with Crippen LogP contribution in [-0.2, 0) is 9.53 Å². The lowest BCUT2D eigenvalue weighted by Gasteiger charge is -2.40. The van der Waals surface area contributed by atoms with Crippen molar-refractivity contribution in [1.29, 1.82) is 0 Å². The molecule has 1 heterocycles. The van der Waals surface area contributed by atoms with E-state index in [0.29, 0.717) is 12.3 Å². The number of nitrogens with one attached hydrogen (secondary N) is 1. The molecule has 0 aromatic carbocycles. The first-order valence-corrected chi connectivity index (χ1v) is 8.12. The molecule has 5 N–H and O–H groups in total. The monoisotopic (exact) mass is 317 g/mol. The molecule has 0 radical (unpaired) electrons. The maximum absolute atomic E-state index is 12.0. The minimum atomic E-state index is -1.46. The number of hydrogen-bond acceptors (Lipinski definition) is 6. The Labute approximate surface area is 130 Å². The van der Waals surface area contributed by atoms with E-state index >= 15 is 0 Å². The lowest BCUT2D eigenvalue weighted by Crippen LogP contribution is -2.63. The van der Waals surface area contributed by atoms with Gasteiger partial charge in [-0.25, -0.2) is 0 Å². The molecule has 1 saturated heterocycles. The van der Waals surface area contributed by atoms with Gasteiger partial charge in [0, 0.05) is 6.42 Å². The van der Waals surface area contributed by atoms with Crippen LogP contribution in [0.4, 0.5) is 0 Å². The number of carbonyl (C=O) groups excluding carboxylic acids is 1. The number of hydrogen-bond donors (Lipinski definition) is 5. The number of aliphatic hydroxyl groups excluding tert-OH is 4. The number of carbonyl (C=O) groups is 1. The molecule has 0 unspecified atom stereocenters.